The summed E-state index contributed by atoms with van der Waals surface area (Å²) in [6.07, 6.45) is -3.20. The number of azide groups is 1. The largest absolute Gasteiger partial charge is 0.376 e. The van der Waals surface area contributed by atoms with Gasteiger partial charge in [0, 0.05) is 24.7 Å². The third-order valence-corrected chi connectivity index (χ3v) is 4.67. The molecule has 1 aromatic carbocycles. The minimum Gasteiger partial charge on any atom is -0.376 e. The van der Waals surface area contributed by atoms with E-state index in [1.165, 1.54) is 14.2 Å². The van der Waals surface area contributed by atoms with Crippen molar-refractivity contribution in [1.29, 1.82) is 0 Å². The topological polar surface area (TPSA) is 149 Å². The maximum absolute atomic E-state index is 12.6. The molecule has 1 N–H and O–H groups in total. The molecule has 0 radical (unpaired) electrons. The van der Waals surface area contributed by atoms with Crippen molar-refractivity contribution < 1.29 is 31.6 Å². The molecule has 1 heterocycles. The molecular formula is C16H22N4O7S. The Morgan fingerprint density at radius 3 is 2.46 bits per heavy atom. The number of hydrogen-bond donors (Lipinski definition) is 1. The molecule has 0 spiro atoms. The molecule has 1 fully saturated rings. The molecule has 11 nitrogen and oxygen atoms in total. The molecule has 1 amide bonds. The average molecular weight is 414 g/mol. The molecule has 0 saturated carbocycles. The number of carbonyl (C=O) groups excluding carboxylic acids is 1. The Kier molecular flexibility index (Phi) is 7.75. The number of ether oxygens (including phenoxy) is 3. The van der Waals surface area contributed by atoms with E-state index in [2.05, 4.69) is 15.3 Å². The third kappa shape index (κ3) is 5.64. The smallest absolute Gasteiger partial charge is 0.264 e. The second kappa shape index (κ2) is 9.82. The first-order valence-electron chi connectivity index (χ1n) is 8.26. The van der Waals surface area contributed by atoms with Gasteiger partial charge in [0.1, 0.15) is 18.2 Å². The normalized spacial score (nSPS) is 27.6. The Labute approximate surface area is 162 Å². The summed E-state index contributed by atoms with van der Waals surface area (Å²) in [5, 5.41) is 6.17. The van der Waals surface area contributed by atoms with Gasteiger partial charge in [0.25, 0.3) is 16.0 Å². The third-order valence-electron chi connectivity index (χ3n) is 4.10. The summed E-state index contributed by atoms with van der Waals surface area (Å²) in [7, 11) is -1.20. The van der Waals surface area contributed by atoms with Crippen LogP contribution in [0.4, 0.5) is 0 Å². The predicted octanol–water partition coefficient (Wildman–Crippen LogP) is 0.826. The van der Waals surface area contributed by atoms with Crippen LogP contribution in [0.5, 0.6) is 0 Å². The minimum atomic E-state index is -3.90. The summed E-state index contributed by atoms with van der Waals surface area (Å²) in [6, 6.07) is 7.54. The predicted molar refractivity (Wildman–Crippen MR) is 97.9 cm³/mol. The van der Waals surface area contributed by atoms with E-state index in [1.807, 2.05) is 0 Å². The van der Waals surface area contributed by atoms with Crippen molar-refractivity contribution in [3.63, 3.8) is 0 Å². The van der Waals surface area contributed by atoms with Crippen molar-refractivity contribution in [1.82, 2.24) is 5.32 Å². The summed E-state index contributed by atoms with van der Waals surface area (Å²) < 4.78 is 45.0. The molecule has 2 rings (SSSR count). The lowest BCUT2D eigenvalue weighted by molar-refractivity contribution is -0.251. The fourth-order valence-electron chi connectivity index (χ4n) is 2.94. The molecule has 28 heavy (non-hydrogen) atoms. The maximum atomic E-state index is 12.6. The van der Waals surface area contributed by atoms with E-state index in [0.29, 0.717) is 5.56 Å². The number of nitrogens with one attached hydrogen (secondary N) is 1. The number of methoxy groups -OCH3 is 2. The van der Waals surface area contributed by atoms with Gasteiger partial charge in [-0.1, -0.05) is 23.3 Å². The quantitative estimate of drug-likeness (QED) is 0.286. The molecule has 0 bridgehead atoms. The molecule has 0 aromatic heterocycles. The molecule has 1 aliphatic heterocycles. The van der Waals surface area contributed by atoms with Gasteiger partial charge in [0.05, 0.1) is 18.9 Å². The average Bonchev–Trinajstić information content (AvgIpc) is 2.67. The van der Waals surface area contributed by atoms with Gasteiger partial charge >= 0.3 is 0 Å². The van der Waals surface area contributed by atoms with Crippen LogP contribution in [0.15, 0.2) is 35.4 Å². The zero-order chi connectivity index (χ0) is 20.7. The standard InChI is InChI=1S/C16H22N4O7S/c1-24-14-12(19-15(21)10-7-5-4-6-8-10)16(25-2)26-11(9-18-20-17)13(14)27-28(3,22)23/h4-8,11-14,16H,9H2,1-3H3,(H,19,21)/t11-,12+,13+,14-,16-/m1/s1. The monoisotopic (exact) mass is 414 g/mol. The van der Waals surface area contributed by atoms with Gasteiger partial charge < -0.3 is 19.5 Å². The number of carbonyl (C=O) groups is 1. The van der Waals surface area contributed by atoms with Gasteiger partial charge in [-0.25, -0.2) is 0 Å². The number of rotatable bonds is 8. The van der Waals surface area contributed by atoms with Gasteiger partial charge in [-0.2, -0.15) is 8.42 Å². The van der Waals surface area contributed by atoms with Crippen molar-refractivity contribution in [2.75, 3.05) is 27.0 Å². The summed E-state index contributed by atoms with van der Waals surface area (Å²) >= 11 is 0. The van der Waals surface area contributed by atoms with Crippen LogP contribution in [0.3, 0.4) is 0 Å². The van der Waals surface area contributed by atoms with Crippen molar-refractivity contribution in [3.8, 4) is 0 Å². The SMILES string of the molecule is CO[C@@H]1O[C@H](CN=[N+]=[N-])[C@H](OS(C)(=O)=O)[C@H](OC)[C@@H]1NC(=O)c1ccccc1. The van der Waals surface area contributed by atoms with E-state index in [9.17, 15) is 13.2 Å². The van der Waals surface area contributed by atoms with Gasteiger partial charge in [0.15, 0.2) is 6.29 Å². The Morgan fingerprint density at radius 2 is 1.93 bits per heavy atom. The van der Waals surface area contributed by atoms with Gasteiger partial charge in [-0.15, -0.1) is 0 Å². The summed E-state index contributed by atoms with van der Waals surface area (Å²) in [6.45, 7) is -0.213. The first-order chi connectivity index (χ1) is 13.3. The summed E-state index contributed by atoms with van der Waals surface area (Å²) in [5.41, 5.74) is 8.98. The second-order valence-electron chi connectivity index (χ2n) is 6.02. The minimum absolute atomic E-state index is 0.213. The number of nitrogens with zero attached hydrogens (tertiary/aromatic N) is 3. The zero-order valence-electron chi connectivity index (χ0n) is 15.6. The fraction of sp³-hybridized carbons (Fsp3) is 0.562. The van der Waals surface area contributed by atoms with Gasteiger partial charge in [0.2, 0.25) is 0 Å². The number of hydrogen-bond acceptors (Lipinski definition) is 8. The van der Waals surface area contributed by atoms with E-state index >= 15 is 0 Å². The zero-order valence-corrected chi connectivity index (χ0v) is 16.4. The highest BCUT2D eigenvalue weighted by Gasteiger charge is 2.49. The van der Waals surface area contributed by atoms with Crippen molar-refractivity contribution in [3.05, 3.63) is 46.3 Å². The van der Waals surface area contributed by atoms with Crippen LogP contribution in [-0.2, 0) is 28.5 Å². The Bertz CT molecular complexity index is 814. The van der Waals surface area contributed by atoms with Crippen LogP contribution in [0.25, 0.3) is 10.4 Å². The van der Waals surface area contributed by atoms with Crippen LogP contribution in [0.2, 0.25) is 0 Å². The molecule has 154 valence electrons. The highest BCUT2D eigenvalue weighted by Crippen LogP contribution is 2.28. The van der Waals surface area contributed by atoms with Crippen molar-refractivity contribution in [2.24, 2.45) is 5.11 Å². The number of benzene rings is 1. The van der Waals surface area contributed by atoms with Crippen LogP contribution in [-0.4, -0.2) is 72.0 Å². The Balaban J connectivity index is 2.33. The van der Waals surface area contributed by atoms with Crippen molar-refractivity contribution in [2.45, 2.75) is 30.6 Å². The highest BCUT2D eigenvalue weighted by molar-refractivity contribution is 7.86. The van der Waals surface area contributed by atoms with Crippen molar-refractivity contribution >= 4 is 16.0 Å². The van der Waals surface area contributed by atoms with E-state index in [0.717, 1.165) is 6.26 Å². The van der Waals surface area contributed by atoms with E-state index in [-0.39, 0.29) is 6.54 Å². The molecule has 5 atom stereocenters. The highest BCUT2D eigenvalue weighted by atomic mass is 32.2. The van der Waals surface area contributed by atoms with E-state index in [4.69, 9.17) is 23.9 Å². The lowest BCUT2D eigenvalue weighted by Crippen LogP contribution is -2.65. The Hall–Kier alpha value is -2.21. The summed E-state index contributed by atoms with van der Waals surface area (Å²) in [4.78, 5) is 15.2. The molecule has 12 heteroatoms. The lowest BCUT2D eigenvalue weighted by atomic mass is 9.96. The number of amides is 1. The van der Waals surface area contributed by atoms with Crippen LogP contribution in [0.1, 0.15) is 10.4 Å². The first-order valence-corrected chi connectivity index (χ1v) is 10.1. The van der Waals surface area contributed by atoms with Gasteiger partial charge in [-0.3, -0.25) is 8.98 Å². The van der Waals surface area contributed by atoms with E-state index < -0.39 is 46.7 Å². The lowest BCUT2D eigenvalue weighted by Gasteiger charge is -2.44. The maximum Gasteiger partial charge on any atom is 0.264 e. The van der Waals surface area contributed by atoms with Crippen LogP contribution >= 0.6 is 0 Å². The van der Waals surface area contributed by atoms with Gasteiger partial charge in [-0.05, 0) is 17.7 Å². The molecule has 1 saturated heterocycles. The van der Waals surface area contributed by atoms with Crippen LogP contribution < -0.4 is 5.32 Å². The molecule has 1 aromatic rings. The fourth-order valence-corrected chi connectivity index (χ4v) is 3.58. The first kappa shape index (κ1) is 22.1. The van der Waals surface area contributed by atoms with Crippen LogP contribution in [0, 0.1) is 0 Å². The molecule has 1 aliphatic rings. The summed E-state index contributed by atoms with van der Waals surface area (Å²) in [5.74, 6) is -0.426. The molecule has 0 unspecified atom stereocenters. The Morgan fingerprint density at radius 1 is 1.25 bits per heavy atom. The molecular weight excluding hydrogens is 392 g/mol. The second-order valence-corrected chi connectivity index (χ2v) is 7.62. The molecule has 0 aliphatic carbocycles. The van der Waals surface area contributed by atoms with E-state index in [1.54, 1.807) is 30.3 Å².